The van der Waals surface area contributed by atoms with Gasteiger partial charge in [-0.2, -0.15) is 5.10 Å². The maximum atomic E-state index is 13.2. The molecule has 0 aliphatic carbocycles. The molecule has 0 spiro atoms. The van der Waals surface area contributed by atoms with Gasteiger partial charge in [0.05, 0.1) is 4.47 Å². The van der Waals surface area contributed by atoms with Gasteiger partial charge in [-0.25, -0.2) is 19.0 Å². The van der Waals surface area contributed by atoms with Crippen molar-refractivity contribution in [2.45, 2.75) is 0 Å². The van der Waals surface area contributed by atoms with Gasteiger partial charge in [0, 0.05) is 7.05 Å². The monoisotopic (exact) mass is 400 g/mol. The second-order valence-electron chi connectivity index (χ2n) is 3.97. The fourth-order valence-electron chi connectivity index (χ4n) is 1.75. The third-order valence-electron chi connectivity index (χ3n) is 2.65. The van der Waals surface area contributed by atoms with Gasteiger partial charge in [-0.1, -0.05) is 0 Å². The normalized spacial score (nSPS) is 11.0. The van der Waals surface area contributed by atoms with E-state index in [1.807, 2.05) is 0 Å². The number of benzene rings is 1. The molecule has 20 heavy (non-hydrogen) atoms. The van der Waals surface area contributed by atoms with Crippen LogP contribution >= 0.6 is 31.9 Å². The number of hydrogen-bond acceptors (Lipinski definition) is 4. The van der Waals surface area contributed by atoms with E-state index in [2.05, 4.69) is 46.9 Å². The van der Waals surface area contributed by atoms with Gasteiger partial charge in [0.1, 0.15) is 27.9 Å². The van der Waals surface area contributed by atoms with Crippen molar-refractivity contribution in [3.63, 3.8) is 0 Å². The maximum Gasteiger partial charge on any atom is 0.234 e. The van der Waals surface area contributed by atoms with E-state index in [4.69, 9.17) is 4.74 Å². The summed E-state index contributed by atoms with van der Waals surface area (Å²) in [5.41, 5.74) is 0.642. The lowest BCUT2D eigenvalue weighted by Crippen LogP contribution is -1.94. The second-order valence-corrected chi connectivity index (χ2v) is 5.58. The molecule has 1 aromatic carbocycles. The Kier molecular flexibility index (Phi) is 3.43. The molecule has 0 atom stereocenters. The summed E-state index contributed by atoms with van der Waals surface area (Å²) >= 11 is 6.46. The zero-order valence-electron chi connectivity index (χ0n) is 10.1. The molecule has 5 nitrogen and oxygen atoms in total. The van der Waals surface area contributed by atoms with Crippen molar-refractivity contribution < 1.29 is 9.13 Å². The Morgan fingerprint density at radius 2 is 2.05 bits per heavy atom. The Balaban J connectivity index is 2.08. The number of ether oxygens (including phenoxy) is 1. The molecule has 0 fully saturated rings. The minimum absolute atomic E-state index is 0.325. The van der Waals surface area contributed by atoms with E-state index in [-0.39, 0.29) is 5.82 Å². The number of aromatic nitrogens is 4. The minimum Gasteiger partial charge on any atom is -0.438 e. The molecule has 0 saturated heterocycles. The third kappa shape index (κ3) is 2.29. The molecule has 0 aliphatic heterocycles. The molecule has 3 rings (SSSR count). The van der Waals surface area contributed by atoms with E-state index in [1.165, 1.54) is 24.5 Å². The molecule has 0 unspecified atom stereocenters. The van der Waals surface area contributed by atoms with E-state index in [0.717, 1.165) is 0 Å². The predicted molar refractivity (Wildman–Crippen MR) is 78.2 cm³/mol. The van der Waals surface area contributed by atoms with Crippen LogP contribution in [-0.2, 0) is 7.05 Å². The van der Waals surface area contributed by atoms with Crippen molar-refractivity contribution >= 4 is 42.9 Å². The quantitative estimate of drug-likeness (QED) is 0.655. The van der Waals surface area contributed by atoms with Crippen LogP contribution in [0.2, 0.25) is 0 Å². The highest BCUT2D eigenvalue weighted by atomic mass is 79.9. The lowest BCUT2D eigenvalue weighted by atomic mass is 10.3. The summed E-state index contributed by atoms with van der Waals surface area (Å²) in [6, 6.07) is 4.38. The average molecular weight is 402 g/mol. The van der Waals surface area contributed by atoms with Crippen molar-refractivity contribution in [3.05, 3.63) is 39.4 Å². The Bertz CT molecular complexity index is 805. The highest BCUT2D eigenvalue weighted by Crippen LogP contribution is 2.32. The van der Waals surface area contributed by atoms with Gasteiger partial charge in [-0.15, -0.1) is 0 Å². The van der Waals surface area contributed by atoms with E-state index in [1.54, 1.807) is 11.7 Å². The summed E-state index contributed by atoms with van der Waals surface area (Å²) < 4.78 is 21.4. The Labute approximate surface area is 130 Å². The van der Waals surface area contributed by atoms with Crippen LogP contribution in [0.5, 0.6) is 11.6 Å². The first kappa shape index (κ1) is 13.4. The molecule has 102 valence electrons. The highest BCUT2D eigenvalue weighted by molar-refractivity contribution is 9.10. The number of hydrogen-bond donors (Lipinski definition) is 0. The molecule has 2 aromatic heterocycles. The summed E-state index contributed by atoms with van der Waals surface area (Å²) in [6.45, 7) is 0. The molecular weight excluding hydrogens is 395 g/mol. The molecule has 0 aliphatic rings. The van der Waals surface area contributed by atoms with Gasteiger partial charge in [0.15, 0.2) is 5.65 Å². The highest BCUT2D eigenvalue weighted by Gasteiger charge is 2.15. The van der Waals surface area contributed by atoms with Crippen LogP contribution in [0.15, 0.2) is 33.6 Å². The standard InChI is InChI=1S/C12H7Br2FN4O/c1-19-11-9(10(14)18-19)12(17-5-16-11)20-6-2-3-8(15)7(13)4-6/h2-5H,1H3. The van der Waals surface area contributed by atoms with Crippen molar-refractivity contribution in [3.8, 4) is 11.6 Å². The zero-order valence-corrected chi connectivity index (χ0v) is 13.3. The van der Waals surface area contributed by atoms with Gasteiger partial charge in [-0.3, -0.25) is 0 Å². The van der Waals surface area contributed by atoms with E-state index < -0.39 is 0 Å². The van der Waals surface area contributed by atoms with Crippen LogP contribution in [0.4, 0.5) is 4.39 Å². The van der Waals surface area contributed by atoms with Crippen molar-refractivity contribution in [1.29, 1.82) is 0 Å². The summed E-state index contributed by atoms with van der Waals surface area (Å²) in [7, 11) is 1.78. The van der Waals surface area contributed by atoms with E-state index in [9.17, 15) is 4.39 Å². The van der Waals surface area contributed by atoms with E-state index in [0.29, 0.717) is 31.7 Å². The summed E-state index contributed by atoms with van der Waals surface area (Å²) in [5.74, 6) is 0.468. The lowest BCUT2D eigenvalue weighted by molar-refractivity contribution is 0.465. The topological polar surface area (TPSA) is 52.8 Å². The van der Waals surface area contributed by atoms with Gasteiger partial charge in [0.25, 0.3) is 0 Å². The summed E-state index contributed by atoms with van der Waals surface area (Å²) in [4.78, 5) is 8.25. The average Bonchev–Trinajstić information content (AvgIpc) is 2.71. The second kappa shape index (κ2) is 5.10. The van der Waals surface area contributed by atoms with Crippen LogP contribution in [0.25, 0.3) is 11.0 Å². The molecule has 3 aromatic rings. The lowest BCUT2D eigenvalue weighted by Gasteiger charge is -2.06. The van der Waals surface area contributed by atoms with Crippen LogP contribution in [0.3, 0.4) is 0 Å². The summed E-state index contributed by atoms with van der Waals surface area (Å²) in [6.07, 6.45) is 1.39. The molecule has 0 saturated carbocycles. The number of aryl methyl sites for hydroxylation is 1. The van der Waals surface area contributed by atoms with Gasteiger partial charge in [-0.05, 0) is 50.1 Å². The fourth-order valence-corrected chi connectivity index (χ4v) is 2.69. The van der Waals surface area contributed by atoms with Gasteiger partial charge >= 0.3 is 0 Å². The Morgan fingerprint density at radius 3 is 2.80 bits per heavy atom. The number of fused-ring (bicyclic) bond motifs is 1. The first-order valence-corrected chi connectivity index (χ1v) is 7.11. The molecule has 0 bridgehead atoms. The fraction of sp³-hybridized carbons (Fsp3) is 0.0833. The molecule has 2 heterocycles. The first-order valence-electron chi connectivity index (χ1n) is 5.52. The number of rotatable bonds is 2. The number of halogens is 3. The van der Waals surface area contributed by atoms with Crippen LogP contribution in [0, 0.1) is 5.82 Å². The van der Waals surface area contributed by atoms with Crippen LogP contribution in [-0.4, -0.2) is 19.7 Å². The van der Waals surface area contributed by atoms with Gasteiger partial charge < -0.3 is 4.74 Å². The Hall–Kier alpha value is -1.54. The minimum atomic E-state index is -0.354. The molecule has 0 amide bonds. The molecular formula is C12H7Br2FN4O. The maximum absolute atomic E-state index is 13.2. The smallest absolute Gasteiger partial charge is 0.234 e. The Morgan fingerprint density at radius 1 is 1.25 bits per heavy atom. The van der Waals surface area contributed by atoms with Crippen LogP contribution in [0.1, 0.15) is 0 Å². The molecule has 0 radical (unpaired) electrons. The third-order valence-corrected chi connectivity index (χ3v) is 3.81. The van der Waals surface area contributed by atoms with Crippen molar-refractivity contribution in [2.24, 2.45) is 7.05 Å². The van der Waals surface area contributed by atoms with Crippen LogP contribution < -0.4 is 4.74 Å². The largest absolute Gasteiger partial charge is 0.438 e. The molecule has 8 heteroatoms. The number of nitrogens with zero attached hydrogens (tertiary/aromatic N) is 4. The zero-order chi connectivity index (χ0) is 14.3. The predicted octanol–water partition coefficient (Wildman–Crippen LogP) is 3.82. The van der Waals surface area contributed by atoms with Crippen molar-refractivity contribution in [2.75, 3.05) is 0 Å². The van der Waals surface area contributed by atoms with E-state index >= 15 is 0 Å². The first-order chi connectivity index (χ1) is 9.56. The SMILES string of the molecule is Cn1nc(Br)c2c(Oc3ccc(F)c(Br)c3)ncnc21. The molecule has 0 N–H and O–H groups in total. The summed E-state index contributed by atoms with van der Waals surface area (Å²) in [5, 5.41) is 4.87. The van der Waals surface area contributed by atoms with Crippen molar-refractivity contribution in [1.82, 2.24) is 19.7 Å². The van der Waals surface area contributed by atoms with Gasteiger partial charge in [0.2, 0.25) is 5.88 Å².